The zero-order chi connectivity index (χ0) is 20.9. The van der Waals surface area contributed by atoms with Gasteiger partial charge in [-0.1, -0.05) is 133 Å². The maximum atomic E-state index is 2.34. The van der Waals surface area contributed by atoms with Crippen LogP contribution in [0.3, 0.4) is 0 Å². The third-order valence-corrected chi connectivity index (χ3v) is 6.47. The van der Waals surface area contributed by atoms with E-state index in [0.717, 1.165) is 0 Å². The lowest BCUT2D eigenvalue weighted by Crippen LogP contribution is -1.97. The molecule has 1 heteroatoms. The predicted molar refractivity (Wildman–Crippen MR) is 135 cm³/mol. The van der Waals surface area contributed by atoms with Gasteiger partial charge in [-0.3, -0.25) is 0 Å². The van der Waals surface area contributed by atoms with Crippen molar-refractivity contribution in [3.8, 4) is 0 Å². The predicted octanol–water partition coefficient (Wildman–Crippen LogP) is 8.32. The second kappa shape index (κ2) is 9.07. The van der Waals surface area contributed by atoms with Crippen molar-refractivity contribution in [3.05, 3.63) is 161 Å². The third kappa shape index (κ3) is 4.33. The number of benzene rings is 4. The summed E-state index contributed by atoms with van der Waals surface area (Å²) in [5.74, 6) is 0. The Bertz CT molecular complexity index is 1150. The molecule has 0 aliphatic carbocycles. The first-order valence-electron chi connectivity index (χ1n) is 10.5. The molecular formula is C30H22S. The van der Waals surface area contributed by atoms with Gasteiger partial charge < -0.3 is 0 Å². The molecule has 0 saturated heterocycles. The molecule has 1 aliphatic rings. The zero-order valence-electron chi connectivity index (χ0n) is 17.1. The molecule has 31 heavy (non-hydrogen) atoms. The van der Waals surface area contributed by atoms with Crippen molar-refractivity contribution in [2.45, 2.75) is 0 Å². The number of hydrogen-bond acceptors (Lipinski definition) is 1. The molecule has 0 atom stereocenters. The minimum Gasteiger partial charge on any atom is -0.0888 e. The Labute approximate surface area is 188 Å². The highest BCUT2D eigenvalue weighted by molar-refractivity contribution is 8.16. The summed E-state index contributed by atoms with van der Waals surface area (Å²) in [6.07, 6.45) is 4.67. The van der Waals surface area contributed by atoms with Gasteiger partial charge in [0.25, 0.3) is 0 Å². The third-order valence-electron chi connectivity index (χ3n) is 5.32. The summed E-state index contributed by atoms with van der Waals surface area (Å²) in [5.41, 5.74) is 7.42. The van der Waals surface area contributed by atoms with Crippen LogP contribution in [-0.4, -0.2) is 0 Å². The van der Waals surface area contributed by atoms with E-state index in [1.165, 1.54) is 43.2 Å². The van der Waals surface area contributed by atoms with E-state index >= 15 is 0 Å². The summed E-state index contributed by atoms with van der Waals surface area (Å²) in [4.78, 5) is 2.53. The molecule has 0 spiro atoms. The Morgan fingerprint density at radius 2 is 0.774 bits per heavy atom. The van der Waals surface area contributed by atoms with Crippen LogP contribution in [0.15, 0.2) is 139 Å². The molecule has 0 radical (unpaired) electrons. The highest BCUT2D eigenvalue weighted by atomic mass is 32.2. The van der Waals surface area contributed by atoms with Crippen molar-refractivity contribution >= 4 is 27.1 Å². The summed E-state index contributed by atoms with van der Waals surface area (Å²) in [6, 6.07) is 42.7. The lowest BCUT2D eigenvalue weighted by atomic mass is 9.91. The minimum atomic E-state index is 1.22. The average molecular weight is 415 g/mol. The fourth-order valence-electron chi connectivity index (χ4n) is 3.84. The van der Waals surface area contributed by atoms with E-state index in [4.69, 9.17) is 0 Å². The monoisotopic (exact) mass is 414 g/mol. The van der Waals surface area contributed by atoms with Gasteiger partial charge in [-0.25, -0.2) is 0 Å². The molecule has 0 amide bonds. The van der Waals surface area contributed by atoms with E-state index < -0.39 is 0 Å². The topological polar surface area (TPSA) is 0 Å². The van der Waals surface area contributed by atoms with E-state index in [-0.39, 0.29) is 0 Å². The molecule has 0 nitrogen and oxygen atoms in total. The van der Waals surface area contributed by atoms with Crippen molar-refractivity contribution in [2.75, 3.05) is 0 Å². The summed E-state index contributed by atoms with van der Waals surface area (Å²) < 4.78 is 0. The molecule has 4 aromatic carbocycles. The van der Waals surface area contributed by atoms with E-state index in [1.54, 1.807) is 0 Å². The van der Waals surface area contributed by atoms with Crippen LogP contribution in [0.1, 0.15) is 22.3 Å². The minimum absolute atomic E-state index is 1.22. The van der Waals surface area contributed by atoms with Crippen LogP contribution in [0.4, 0.5) is 0 Å². The van der Waals surface area contributed by atoms with Crippen molar-refractivity contribution in [3.63, 3.8) is 0 Å². The summed E-state index contributed by atoms with van der Waals surface area (Å²) in [6.45, 7) is 0. The first-order valence-corrected chi connectivity index (χ1v) is 11.3. The molecule has 5 rings (SSSR count). The number of hydrogen-bond donors (Lipinski definition) is 0. The largest absolute Gasteiger partial charge is 0.0888 e. The van der Waals surface area contributed by atoms with E-state index in [2.05, 4.69) is 133 Å². The fraction of sp³-hybridized carbons (Fsp3) is 0. The highest BCUT2D eigenvalue weighted by Gasteiger charge is 2.18. The van der Waals surface area contributed by atoms with Gasteiger partial charge in [0.1, 0.15) is 0 Å². The van der Waals surface area contributed by atoms with Gasteiger partial charge in [-0.2, -0.15) is 0 Å². The van der Waals surface area contributed by atoms with Crippen LogP contribution in [0.2, 0.25) is 0 Å². The quantitative estimate of drug-likeness (QED) is 0.323. The Morgan fingerprint density at radius 3 is 1.16 bits per heavy atom. The first kappa shape index (κ1) is 19.4. The molecule has 0 bridgehead atoms. The average Bonchev–Trinajstić information content (AvgIpc) is 2.86. The van der Waals surface area contributed by atoms with Gasteiger partial charge in [-0.05, 0) is 45.6 Å². The summed E-state index contributed by atoms with van der Waals surface area (Å²) in [5, 5.41) is 0. The Kier molecular flexibility index (Phi) is 5.68. The number of thioether (sulfide) groups is 1. The number of rotatable bonds is 4. The maximum Gasteiger partial charge on any atom is 0.0201 e. The summed E-state index contributed by atoms with van der Waals surface area (Å²) in [7, 11) is 0. The molecule has 0 unspecified atom stereocenters. The van der Waals surface area contributed by atoms with Crippen LogP contribution >= 0.6 is 11.8 Å². The smallest absolute Gasteiger partial charge is 0.0201 e. The second-order valence-corrected chi connectivity index (χ2v) is 8.50. The second-order valence-electron chi connectivity index (χ2n) is 7.41. The Balaban J connectivity index is 1.77. The van der Waals surface area contributed by atoms with Gasteiger partial charge in [0.05, 0.1) is 0 Å². The van der Waals surface area contributed by atoms with Crippen LogP contribution < -0.4 is 0 Å². The van der Waals surface area contributed by atoms with Gasteiger partial charge in [0.15, 0.2) is 0 Å². The molecule has 0 saturated carbocycles. The first-order chi connectivity index (χ1) is 15.4. The van der Waals surface area contributed by atoms with Crippen molar-refractivity contribution in [1.29, 1.82) is 0 Å². The van der Waals surface area contributed by atoms with Crippen molar-refractivity contribution < 1.29 is 0 Å². The SMILES string of the molecule is C1=C(c2ccccc2)SC(c2ccccc2)=CC1=C(c1ccccc1)c1ccccc1. The van der Waals surface area contributed by atoms with Gasteiger partial charge in [-0.15, -0.1) is 0 Å². The van der Waals surface area contributed by atoms with Crippen LogP contribution in [-0.2, 0) is 0 Å². The lowest BCUT2D eigenvalue weighted by molar-refractivity contribution is 1.51. The van der Waals surface area contributed by atoms with Gasteiger partial charge in [0, 0.05) is 9.81 Å². The van der Waals surface area contributed by atoms with Crippen molar-refractivity contribution in [1.82, 2.24) is 0 Å². The Morgan fingerprint density at radius 1 is 0.419 bits per heavy atom. The molecule has 0 N–H and O–H groups in total. The molecule has 148 valence electrons. The maximum absolute atomic E-state index is 2.34. The lowest BCUT2D eigenvalue weighted by Gasteiger charge is -2.20. The van der Waals surface area contributed by atoms with E-state index in [1.807, 2.05) is 11.8 Å². The summed E-state index contributed by atoms with van der Waals surface area (Å²) >= 11 is 1.84. The fourth-order valence-corrected chi connectivity index (χ4v) is 4.96. The molecule has 4 aromatic rings. The molecule has 1 aliphatic heterocycles. The Hall–Kier alpha value is -3.55. The zero-order valence-corrected chi connectivity index (χ0v) is 17.9. The normalized spacial score (nSPS) is 13.4. The van der Waals surface area contributed by atoms with Crippen LogP contribution in [0, 0.1) is 0 Å². The van der Waals surface area contributed by atoms with E-state index in [0.29, 0.717) is 0 Å². The van der Waals surface area contributed by atoms with Gasteiger partial charge in [0.2, 0.25) is 0 Å². The van der Waals surface area contributed by atoms with Crippen LogP contribution in [0.25, 0.3) is 15.4 Å². The standard InChI is InChI=1S/C30H22S/c1-5-13-23(14-6-1)28-21-27(22-29(31-28)24-15-7-2-8-16-24)30(25-17-9-3-10-18-25)26-19-11-4-12-20-26/h1-22H. The van der Waals surface area contributed by atoms with Gasteiger partial charge >= 0.3 is 0 Å². The molecular weight excluding hydrogens is 392 g/mol. The number of allylic oxidation sites excluding steroid dienone is 3. The molecule has 0 aromatic heterocycles. The van der Waals surface area contributed by atoms with E-state index in [9.17, 15) is 0 Å². The van der Waals surface area contributed by atoms with Crippen LogP contribution in [0.5, 0.6) is 0 Å². The molecule has 1 heterocycles. The van der Waals surface area contributed by atoms with Crippen molar-refractivity contribution in [2.24, 2.45) is 0 Å². The highest BCUT2D eigenvalue weighted by Crippen LogP contribution is 2.46. The molecule has 0 fully saturated rings.